The van der Waals surface area contributed by atoms with Gasteiger partial charge in [-0.2, -0.15) is 0 Å². The maximum atomic E-state index is 11.9. The van der Waals surface area contributed by atoms with Crippen molar-refractivity contribution in [3.63, 3.8) is 0 Å². The van der Waals surface area contributed by atoms with Crippen LogP contribution in [0.5, 0.6) is 5.75 Å². The van der Waals surface area contributed by atoms with Crippen molar-refractivity contribution in [2.24, 2.45) is 0 Å². The first kappa shape index (κ1) is 15.7. The van der Waals surface area contributed by atoms with E-state index in [-0.39, 0.29) is 15.7 Å². The third kappa shape index (κ3) is 4.35. The predicted octanol–water partition coefficient (Wildman–Crippen LogP) is 0.304. The summed E-state index contributed by atoms with van der Waals surface area (Å²) in [7, 11) is -1.26. The molecule has 1 aromatic rings. The Kier molecular flexibility index (Phi) is 5.55. The van der Waals surface area contributed by atoms with Crippen molar-refractivity contribution >= 4 is 27.5 Å². The molecule has 0 saturated carbocycles. The van der Waals surface area contributed by atoms with Gasteiger partial charge < -0.3 is 10.1 Å². The van der Waals surface area contributed by atoms with Crippen molar-refractivity contribution in [2.45, 2.75) is 4.90 Å². The molecule has 0 aliphatic carbocycles. The fraction of sp³-hybridized carbons (Fsp3) is 0.300. The van der Waals surface area contributed by atoms with Crippen LogP contribution in [0.15, 0.2) is 23.1 Å². The highest BCUT2D eigenvalue weighted by atomic mass is 35.5. The van der Waals surface area contributed by atoms with Gasteiger partial charge in [0.05, 0.1) is 7.11 Å². The number of carbonyl (C=O) groups excluding carboxylic acids is 1. The van der Waals surface area contributed by atoms with Crippen molar-refractivity contribution in [1.29, 1.82) is 0 Å². The Labute approximate surface area is 115 Å². The molecule has 106 valence electrons. The number of amides is 1. The molecular weight excluding hydrogens is 296 g/mol. The van der Waals surface area contributed by atoms with Crippen molar-refractivity contribution in [1.82, 2.24) is 10.2 Å². The smallest absolute Gasteiger partial charge is 0.266 e. The standard InChI is InChI=1S/C10H13ClN2O5S/c1-12-10(14)6-18-13-19(15,16)9-5-7(11)3-4-8(9)17-2/h3-5,13H,6H2,1-2H3,(H,12,14). The molecule has 0 bridgehead atoms. The van der Waals surface area contributed by atoms with E-state index in [0.717, 1.165) is 0 Å². The number of ether oxygens (including phenoxy) is 1. The maximum Gasteiger partial charge on any atom is 0.266 e. The number of methoxy groups -OCH3 is 1. The zero-order chi connectivity index (χ0) is 14.5. The first-order valence-electron chi connectivity index (χ1n) is 5.08. The number of sulfonamides is 1. The second-order valence-electron chi connectivity index (χ2n) is 3.34. The number of likely N-dealkylation sites (N-methyl/N-ethyl adjacent to an activating group) is 1. The zero-order valence-corrected chi connectivity index (χ0v) is 11.8. The molecular formula is C10H13ClN2O5S. The molecule has 7 nitrogen and oxygen atoms in total. The minimum absolute atomic E-state index is 0.112. The summed E-state index contributed by atoms with van der Waals surface area (Å²) in [5, 5.41) is 2.51. The van der Waals surface area contributed by atoms with Crippen LogP contribution in [0.1, 0.15) is 0 Å². The molecule has 0 fully saturated rings. The monoisotopic (exact) mass is 308 g/mol. The Hall–Kier alpha value is -1.35. The van der Waals surface area contributed by atoms with Gasteiger partial charge in [-0.25, -0.2) is 8.42 Å². The van der Waals surface area contributed by atoms with E-state index in [9.17, 15) is 13.2 Å². The molecule has 2 N–H and O–H groups in total. The Bertz CT molecular complexity index is 561. The number of benzene rings is 1. The molecule has 0 aliphatic rings. The number of rotatable bonds is 6. The largest absolute Gasteiger partial charge is 0.495 e. The van der Waals surface area contributed by atoms with Gasteiger partial charge in [-0.3, -0.25) is 9.63 Å². The Morgan fingerprint density at radius 2 is 2.11 bits per heavy atom. The van der Waals surface area contributed by atoms with Crippen molar-refractivity contribution in [3.8, 4) is 5.75 Å². The van der Waals surface area contributed by atoms with Crippen LogP contribution in [0, 0.1) is 0 Å². The van der Waals surface area contributed by atoms with Crippen LogP contribution in [-0.2, 0) is 19.7 Å². The van der Waals surface area contributed by atoms with Crippen LogP contribution in [-0.4, -0.2) is 35.1 Å². The highest BCUT2D eigenvalue weighted by molar-refractivity contribution is 7.89. The molecule has 0 radical (unpaired) electrons. The van der Waals surface area contributed by atoms with Crippen molar-refractivity contribution in [3.05, 3.63) is 23.2 Å². The van der Waals surface area contributed by atoms with Crippen LogP contribution in [0.2, 0.25) is 5.02 Å². The van der Waals surface area contributed by atoms with Crippen LogP contribution >= 0.6 is 11.6 Å². The van der Waals surface area contributed by atoms with Crippen LogP contribution < -0.4 is 14.9 Å². The molecule has 1 amide bonds. The van der Waals surface area contributed by atoms with Gasteiger partial charge >= 0.3 is 0 Å². The number of hydrogen-bond acceptors (Lipinski definition) is 5. The van der Waals surface area contributed by atoms with E-state index in [0.29, 0.717) is 0 Å². The summed E-state index contributed by atoms with van der Waals surface area (Å²) in [4.78, 5) is 17.1. The highest BCUT2D eigenvalue weighted by Gasteiger charge is 2.20. The predicted molar refractivity (Wildman–Crippen MR) is 68.3 cm³/mol. The van der Waals surface area contributed by atoms with Gasteiger partial charge in [-0.15, -0.1) is 0 Å². The quantitative estimate of drug-likeness (QED) is 0.737. The highest BCUT2D eigenvalue weighted by Crippen LogP contribution is 2.26. The third-order valence-electron chi connectivity index (χ3n) is 2.07. The summed E-state index contributed by atoms with van der Waals surface area (Å²) in [5.41, 5.74) is 0. The minimum atomic E-state index is -3.99. The average molecular weight is 309 g/mol. The molecule has 1 aromatic carbocycles. The second kappa shape index (κ2) is 6.71. The summed E-state index contributed by atoms with van der Waals surface area (Å²) in [6, 6.07) is 4.12. The van der Waals surface area contributed by atoms with E-state index in [1.807, 2.05) is 4.89 Å². The molecule has 0 heterocycles. The fourth-order valence-electron chi connectivity index (χ4n) is 1.15. The Morgan fingerprint density at radius 1 is 1.42 bits per heavy atom. The van der Waals surface area contributed by atoms with Gasteiger partial charge in [0.1, 0.15) is 17.3 Å². The first-order chi connectivity index (χ1) is 8.90. The molecule has 0 aromatic heterocycles. The van der Waals surface area contributed by atoms with Gasteiger partial charge in [0.15, 0.2) is 0 Å². The minimum Gasteiger partial charge on any atom is -0.495 e. The average Bonchev–Trinajstić information content (AvgIpc) is 2.38. The van der Waals surface area contributed by atoms with Crippen LogP contribution in [0.3, 0.4) is 0 Å². The lowest BCUT2D eigenvalue weighted by molar-refractivity contribution is -0.126. The number of hydrogen-bond donors (Lipinski definition) is 2. The van der Waals surface area contributed by atoms with E-state index in [2.05, 4.69) is 10.2 Å². The van der Waals surface area contributed by atoms with E-state index < -0.39 is 22.5 Å². The SMILES string of the molecule is CNC(=O)CONS(=O)(=O)c1cc(Cl)ccc1OC. The number of halogens is 1. The van der Waals surface area contributed by atoms with Crippen LogP contribution in [0.25, 0.3) is 0 Å². The van der Waals surface area contributed by atoms with Crippen molar-refractivity contribution in [2.75, 3.05) is 20.8 Å². The summed E-state index contributed by atoms with van der Waals surface area (Å²) >= 11 is 5.73. The molecule has 0 unspecified atom stereocenters. The normalized spacial score (nSPS) is 11.1. The van der Waals surface area contributed by atoms with E-state index in [1.54, 1.807) is 0 Å². The van der Waals surface area contributed by atoms with Crippen LogP contribution in [0.4, 0.5) is 0 Å². The molecule has 9 heteroatoms. The van der Waals surface area contributed by atoms with E-state index in [1.165, 1.54) is 32.4 Å². The molecule has 0 aliphatic heterocycles. The number of carbonyl (C=O) groups is 1. The second-order valence-corrected chi connectivity index (χ2v) is 5.39. The summed E-state index contributed by atoms with van der Waals surface area (Å²) in [6.45, 7) is -0.446. The first-order valence-corrected chi connectivity index (χ1v) is 6.94. The maximum absolute atomic E-state index is 11.9. The molecule has 0 saturated heterocycles. The molecule has 19 heavy (non-hydrogen) atoms. The summed E-state index contributed by atoms with van der Waals surface area (Å²) < 4.78 is 28.8. The molecule has 1 rings (SSSR count). The number of nitrogens with one attached hydrogen (secondary N) is 2. The van der Waals surface area contributed by atoms with Gasteiger partial charge in [-0.05, 0) is 18.2 Å². The van der Waals surface area contributed by atoms with Crippen molar-refractivity contribution < 1.29 is 22.8 Å². The third-order valence-corrected chi connectivity index (χ3v) is 3.54. The van der Waals surface area contributed by atoms with E-state index in [4.69, 9.17) is 16.3 Å². The topological polar surface area (TPSA) is 93.7 Å². The van der Waals surface area contributed by atoms with E-state index >= 15 is 0 Å². The van der Waals surface area contributed by atoms with Gasteiger partial charge in [0.2, 0.25) is 5.91 Å². The molecule has 0 spiro atoms. The lowest BCUT2D eigenvalue weighted by atomic mass is 10.3. The lowest BCUT2D eigenvalue weighted by Crippen LogP contribution is -2.31. The summed E-state index contributed by atoms with van der Waals surface area (Å²) in [6.07, 6.45) is 0. The lowest BCUT2D eigenvalue weighted by Gasteiger charge is -2.10. The Morgan fingerprint density at radius 3 is 2.68 bits per heavy atom. The molecule has 0 atom stereocenters. The van der Waals surface area contributed by atoms with Gasteiger partial charge in [0, 0.05) is 12.1 Å². The van der Waals surface area contributed by atoms with Gasteiger partial charge in [-0.1, -0.05) is 16.5 Å². The fourth-order valence-corrected chi connectivity index (χ4v) is 2.39. The Balaban J connectivity index is 2.88. The summed E-state index contributed by atoms with van der Waals surface area (Å²) in [5.74, 6) is -0.360. The van der Waals surface area contributed by atoms with Gasteiger partial charge in [0.25, 0.3) is 10.0 Å². The zero-order valence-electron chi connectivity index (χ0n) is 10.3.